The number of amides is 1. The maximum absolute atomic E-state index is 13.8. The molecule has 3 aromatic carbocycles. The van der Waals surface area contributed by atoms with Crippen molar-refractivity contribution in [1.82, 2.24) is 9.21 Å². The number of fused-ring (bicyclic) bond motifs is 2. The number of hydrogen-bond donors (Lipinski definition) is 1. The monoisotopic (exact) mass is 578 g/mol. The fourth-order valence-electron chi connectivity index (χ4n) is 4.92. The molecule has 0 saturated carbocycles. The van der Waals surface area contributed by atoms with E-state index in [2.05, 4.69) is 0 Å². The molecule has 5 rings (SSSR count). The van der Waals surface area contributed by atoms with Crippen molar-refractivity contribution in [2.75, 3.05) is 33.5 Å². The number of aliphatic hydroxyl groups is 1. The highest BCUT2D eigenvalue weighted by Crippen LogP contribution is 2.35. The first-order chi connectivity index (χ1) is 19.7. The third kappa shape index (κ3) is 6.09. The molecule has 41 heavy (non-hydrogen) atoms. The van der Waals surface area contributed by atoms with Gasteiger partial charge in [-0.2, -0.15) is 4.31 Å². The summed E-state index contributed by atoms with van der Waals surface area (Å²) >= 11 is 0. The number of likely N-dealkylation sites (N-methyl/N-ethyl adjacent to an activating group) is 1. The molecule has 9 nitrogen and oxygen atoms in total. The van der Waals surface area contributed by atoms with E-state index in [1.165, 1.54) is 4.31 Å². The predicted octanol–water partition coefficient (Wildman–Crippen LogP) is 4.13. The topological polar surface area (TPSA) is 106 Å². The van der Waals surface area contributed by atoms with Gasteiger partial charge in [0.25, 0.3) is 5.91 Å². The van der Waals surface area contributed by atoms with Gasteiger partial charge in [0.15, 0.2) is 11.5 Å². The molecule has 3 aromatic rings. The average Bonchev–Trinajstić information content (AvgIpc) is 3.45. The Morgan fingerprint density at radius 2 is 1.76 bits per heavy atom. The van der Waals surface area contributed by atoms with E-state index in [0.717, 1.165) is 11.1 Å². The molecule has 0 aliphatic carbocycles. The minimum Gasteiger partial charge on any atom is -0.487 e. The molecule has 2 aliphatic rings. The Bertz CT molecular complexity index is 1540. The van der Waals surface area contributed by atoms with Gasteiger partial charge in [0.1, 0.15) is 16.7 Å². The fraction of sp³-hybridized carbons (Fsp3) is 0.323. The van der Waals surface area contributed by atoms with E-state index < -0.39 is 22.2 Å². The van der Waals surface area contributed by atoms with Gasteiger partial charge in [-0.15, -0.1) is 0 Å². The van der Waals surface area contributed by atoms with E-state index in [-0.39, 0.29) is 49.0 Å². The first kappa shape index (κ1) is 28.7. The van der Waals surface area contributed by atoms with Crippen LogP contribution in [0.5, 0.6) is 17.2 Å². The molecule has 0 unspecified atom stereocenters. The van der Waals surface area contributed by atoms with Crippen LogP contribution in [0, 0.1) is 5.92 Å². The first-order valence-corrected chi connectivity index (χ1v) is 14.9. The molecule has 0 aromatic heterocycles. The summed E-state index contributed by atoms with van der Waals surface area (Å²) in [7, 11) is -2.28. The van der Waals surface area contributed by atoms with Gasteiger partial charge in [-0.25, -0.2) is 8.42 Å². The number of hydrogen-bond acceptors (Lipinski definition) is 7. The normalized spacial score (nSPS) is 20.5. The zero-order chi connectivity index (χ0) is 29.1. The predicted molar refractivity (Wildman–Crippen MR) is 155 cm³/mol. The van der Waals surface area contributed by atoms with Gasteiger partial charge in [0, 0.05) is 31.1 Å². The number of ether oxygens (including phenoxy) is 3. The van der Waals surface area contributed by atoms with Gasteiger partial charge in [-0.3, -0.25) is 4.79 Å². The van der Waals surface area contributed by atoms with Crippen molar-refractivity contribution in [3.63, 3.8) is 0 Å². The van der Waals surface area contributed by atoms with Crippen molar-refractivity contribution in [3.8, 4) is 17.2 Å². The molecule has 0 bridgehead atoms. The largest absolute Gasteiger partial charge is 0.487 e. The molecule has 3 atom stereocenters. The Labute approximate surface area is 240 Å². The Morgan fingerprint density at radius 3 is 2.51 bits per heavy atom. The van der Waals surface area contributed by atoms with Crippen molar-refractivity contribution in [2.24, 2.45) is 5.92 Å². The molecular formula is C31H34N2O7S. The summed E-state index contributed by atoms with van der Waals surface area (Å²) < 4.78 is 46.0. The second-order valence-corrected chi connectivity index (χ2v) is 12.3. The lowest BCUT2D eigenvalue weighted by molar-refractivity contribution is 0.0563. The highest BCUT2D eigenvalue weighted by Gasteiger charge is 2.38. The second kappa shape index (κ2) is 11.9. The van der Waals surface area contributed by atoms with Gasteiger partial charge >= 0.3 is 0 Å². The third-order valence-electron chi connectivity index (χ3n) is 7.38. The fourth-order valence-corrected chi connectivity index (χ4v) is 6.75. The number of carbonyl (C=O) groups excluding carboxylic acids is 1. The SMILES string of the molecule is C[C@H](CO)N1C[C@H](C)[C@@H](CN(C)C(=O)c2ccc3c(c2)OCO3)Oc2cc(/C=C/c3ccccc3)ccc2S1(=O)=O. The summed E-state index contributed by atoms with van der Waals surface area (Å²) in [6.45, 7) is 3.68. The van der Waals surface area contributed by atoms with E-state index >= 15 is 0 Å². The van der Waals surface area contributed by atoms with Crippen LogP contribution in [0.25, 0.3) is 12.2 Å². The zero-order valence-corrected chi connectivity index (χ0v) is 24.1. The van der Waals surface area contributed by atoms with Crippen LogP contribution >= 0.6 is 0 Å². The Balaban J connectivity index is 1.46. The molecular weight excluding hydrogens is 544 g/mol. The molecule has 0 spiro atoms. The zero-order valence-electron chi connectivity index (χ0n) is 23.3. The van der Waals surface area contributed by atoms with Crippen molar-refractivity contribution in [3.05, 3.63) is 83.4 Å². The van der Waals surface area contributed by atoms with Gasteiger partial charge in [-0.1, -0.05) is 55.5 Å². The van der Waals surface area contributed by atoms with E-state index in [9.17, 15) is 18.3 Å². The van der Waals surface area contributed by atoms with E-state index in [0.29, 0.717) is 17.1 Å². The van der Waals surface area contributed by atoms with E-state index in [1.54, 1.807) is 55.3 Å². The highest BCUT2D eigenvalue weighted by molar-refractivity contribution is 7.89. The van der Waals surface area contributed by atoms with Crippen molar-refractivity contribution in [1.29, 1.82) is 0 Å². The van der Waals surface area contributed by atoms with Crippen LogP contribution in [0.3, 0.4) is 0 Å². The van der Waals surface area contributed by atoms with Crippen LogP contribution < -0.4 is 14.2 Å². The molecule has 0 fully saturated rings. The lowest BCUT2D eigenvalue weighted by Crippen LogP contribution is -2.50. The number of aliphatic hydroxyl groups excluding tert-OH is 1. The summed E-state index contributed by atoms with van der Waals surface area (Å²) in [5.41, 5.74) is 2.22. The molecule has 1 N–H and O–H groups in total. The molecule has 0 radical (unpaired) electrons. The van der Waals surface area contributed by atoms with Crippen LogP contribution in [0.4, 0.5) is 0 Å². The molecule has 1 amide bonds. The number of rotatable bonds is 7. The van der Waals surface area contributed by atoms with Crippen LogP contribution in [-0.4, -0.2) is 74.3 Å². The van der Waals surface area contributed by atoms with Crippen LogP contribution in [0.1, 0.15) is 35.3 Å². The maximum Gasteiger partial charge on any atom is 0.253 e. The summed E-state index contributed by atoms with van der Waals surface area (Å²) in [5.74, 6) is 0.783. The molecule has 2 aliphatic heterocycles. The minimum absolute atomic E-state index is 0.0244. The maximum atomic E-state index is 13.8. The van der Waals surface area contributed by atoms with Gasteiger partial charge in [0.2, 0.25) is 16.8 Å². The van der Waals surface area contributed by atoms with Gasteiger partial charge in [0.05, 0.1) is 13.2 Å². The highest BCUT2D eigenvalue weighted by atomic mass is 32.2. The number of nitrogens with zero attached hydrogens (tertiary/aromatic N) is 2. The summed E-state index contributed by atoms with van der Waals surface area (Å²) in [6, 6.07) is 19.2. The van der Waals surface area contributed by atoms with E-state index in [1.807, 2.05) is 49.4 Å². The van der Waals surface area contributed by atoms with Crippen molar-refractivity contribution < 1.29 is 32.5 Å². The quantitative estimate of drug-likeness (QED) is 0.421. The van der Waals surface area contributed by atoms with Crippen molar-refractivity contribution >= 4 is 28.1 Å². The Morgan fingerprint density at radius 1 is 1.02 bits per heavy atom. The summed E-state index contributed by atoms with van der Waals surface area (Å²) in [6.07, 6.45) is 3.30. The Kier molecular flexibility index (Phi) is 8.35. The number of benzene rings is 3. The molecule has 0 saturated heterocycles. The van der Waals surface area contributed by atoms with Crippen LogP contribution in [0.15, 0.2) is 71.6 Å². The number of sulfonamides is 1. The molecule has 10 heteroatoms. The standard InChI is InChI=1S/C31H34N2O7S/c1-21-17-33(22(2)19-34)41(36,37)30-14-11-24(10-9-23-7-5-4-6-8-23)15-28(30)40-29(21)18-32(3)31(35)25-12-13-26-27(16-25)39-20-38-26/h4-16,21-22,29,34H,17-20H2,1-3H3/b10-9+/t21-,22+,29+/m0/s1. The summed E-state index contributed by atoms with van der Waals surface area (Å²) in [5, 5.41) is 9.90. The average molecular weight is 579 g/mol. The minimum atomic E-state index is -3.97. The lowest BCUT2D eigenvalue weighted by atomic mass is 10.0. The van der Waals surface area contributed by atoms with Crippen molar-refractivity contribution in [2.45, 2.75) is 30.9 Å². The van der Waals surface area contributed by atoms with E-state index in [4.69, 9.17) is 14.2 Å². The molecule has 2 heterocycles. The van der Waals surface area contributed by atoms with Gasteiger partial charge < -0.3 is 24.2 Å². The first-order valence-electron chi connectivity index (χ1n) is 13.5. The smallest absolute Gasteiger partial charge is 0.253 e. The summed E-state index contributed by atoms with van der Waals surface area (Å²) in [4.78, 5) is 14.9. The lowest BCUT2D eigenvalue weighted by Gasteiger charge is -2.37. The van der Waals surface area contributed by atoms with Crippen LogP contribution in [0.2, 0.25) is 0 Å². The molecule has 216 valence electrons. The number of carbonyl (C=O) groups is 1. The van der Waals surface area contributed by atoms with Crippen LogP contribution in [-0.2, 0) is 10.0 Å². The Hall–Kier alpha value is -3.86. The van der Waals surface area contributed by atoms with Gasteiger partial charge in [-0.05, 0) is 48.4 Å². The third-order valence-corrected chi connectivity index (χ3v) is 9.40. The second-order valence-electron chi connectivity index (χ2n) is 10.4.